The molecule has 33 heavy (non-hydrogen) atoms. The Morgan fingerprint density at radius 1 is 1.15 bits per heavy atom. The van der Waals surface area contributed by atoms with Crippen molar-refractivity contribution in [3.8, 4) is 0 Å². The van der Waals surface area contributed by atoms with E-state index in [9.17, 15) is 9.18 Å². The summed E-state index contributed by atoms with van der Waals surface area (Å²) in [6.07, 6.45) is 4.03. The van der Waals surface area contributed by atoms with Crippen molar-refractivity contribution in [1.29, 1.82) is 0 Å². The Morgan fingerprint density at radius 3 is 2.42 bits per heavy atom. The van der Waals surface area contributed by atoms with Gasteiger partial charge in [-0.3, -0.25) is 0 Å². The standard InChI is InChI=1S/C28H37FN2O2/c1-20(22-13-8-9-14-24(22)29)30-18-28(15-10-16-28)19-31(26(32)33-27(2,3)4)25-17-23(25)21-11-6-5-7-12-21/h5-9,11-14,20,23,25,30H,10,15-19H2,1-4H3/t20?,23-,25+/m1/s1. The molecular formula is C28H37FN2O2. The molecule has 2 aliphatic carbocycles. The summed E-state index contributed by atoms with van der Waals surface area (Å²) in [6.45, 7) is 9.18. The van der Waals surface area contributed by atoms with E-state index >= 15 is 0 Å². The first-order valence-corrected chi connectivity index (χ1v) is 12.2. The van der Waals surface area contributed by atoms with Crippen molar-refractivity contribution in [2.45, 2.75) is 77.0 Å². The summed E-state index contributed by atoms with van der Waals surface area (Å²) in [5.41, 5.74) is 1.43. The molecule has 3 atom stereocenters. The zero-order valence-electron chi connectivity index (χ0n) is 20.3. The highest BCUT2D eigenvalue weighted by atomic mass is 19.1. The highest BCUT2D eigenvalue weighted by molar-refractivity contribution is 5.69. The summed E-state index contributed by atoms with van der Waals surface area (Å²) in [5, 5.41) is 3.56. The molecule has 0 heterocycles. The van der Waals surface area contributed by atoms with Gasteiger partial charge < -0.3 is 15.0 Å². The third-order valence-electron chi connectivity index (χ3n) is 7.09. The van der Waals surface area contributed by atoms with Crippen molar-refractivity contribution in [1.82, 2.24) is 10.2 Å². The van der Waals surface area contributed by atoms with Gasteiger partial charge in [-0.2, -0.15) is 0 Å². The molecule has 4 rings (SSSR count). The lowest BCUT2D eigenvalue weighted by Crippen LogP contribution is -2.52. The molecule has 1 N–H and O–H groups in total. The molecule has 2 aromatic carbocycles. The smallest absolute Gasteiger partial charge is 0.410 e. The molecule has 2 fully saturated rings. The number of amides is 1. The number of carbonyl (C=O) groups excluding carboxylic acids is 1. The van der Waals surface area contributed by atoms with Crippen LogP contribution in [0.1, 0.15) is 76.5 Å². The van der Waals surface area contributed by atoms with Crippen LogP contribution in [0.4, 0.5) is 9.18 Å². The molecule has 2 aromatic rings. The summed E-state index contributed by atoms with van der Waals surface area (Å²) in [6, 6.07) is 17.5. The number of hydrogen-bond donors (Lipinski definition) is 1. The van der Waals surface area contributed by atoms with E-state index in [2.05, 4.69) is 29.6 Å². The molecule has 0 radical (unpaired) electrons. The van der Waals surface area contributed by atoms with Gasteiger partial charge >= 0.3 is 6.09 Å². The Labute approximate surface area is 197 Å². The van der Waals surface area contributed by atoms with Crippen LogP contribution in [-0.2, 0) is 4.74 Å². The predicted molar refractivity (Wildman–Crippen MR) is 130 cm³/mol. The van der Waals surface area contributed by atoms with E-state index in [1.807, 2.05) is 50.8 Å². The van der Waals surface area contributed by atoms with Crippen LogP contribution >= 0.6 is 0 Å². The van der Waals surface area contributed by atoms with Crippen LogP contribution in [-0.4, -0.2) is 35.7 Å². The van der Waals surface area contributed by atoms with Crippen molar-refractivity contribution in [3.63, 3.8) is 0 Å². The van der Waals surface area contributed by atoms with Crippen LogP contribution in [0.3, 0.4) is 0 Å². The lowest BCUT2D eigenvalue weighted by atomic mass is 9.68. The largest absolute Gasteiger partial charge is 0.444 e. The van der Waals surface area contributed by atoms with Crippen LogP contribution < -0.4 is 5.32 Å². The number of carbonyl (C=O) groups is 1. The van der Waals surface area contributed by atoms with Crippen LogP contribution in [0, 0.1) is 11.2 Å². The normalized spacial score (nSPS) is 22.2. The van der Waals surface area contributed by atoms with E-state index in [1.165, 1.54) is 11.6 Å². The minimum atomic E-state index is -0.531. The Kier molecular flexibility index (Phi) is 6.81. The first-order chi connectivity index (χ1) is 15.7. The first kappa shape index (κ1) is 23.7. The molecule has 4 nitrogen and oxygen atoms in total. The fourth-order valence-electron chi connectivity index (χ4n) is 4.96. The Bertz CT molecular complexity index is 952. The Hall–Kier alpha value is -2.40. The number of nitrogens with one attached hydrogen (secondary N) is 1. The summed E-state index contributed by atoms with van der Waals surface area (Å²) in [4.78, 5) is 15.3. The third-order valence-corrected chi connectivity index (χ3v) is 7.09. The van der Waals surface area contributed by atoms with E-state index in [0.29, 0.717) is 18.0 Å². The second-order valence-electron chi connectivity index (χ2n) is 10.9. The predicted octanol–water partition coefficient (Wildman–Crippen LogP) is 6.44. The second-order valence-corrected chi connectivity index (χ2v) is 10.9. The van der Waals surface area contributed by atoms with Gasteiger partial charge in [-0.05, 0) is 58.6 Å². The highest BCUT2D eigenvalue weighted by Crippen LogP contribution is 2.49. The molecule has 0 spiro atoms. The molecule has 5 heteroatoms. The Morgan fingerprint density at radius 2 is 1.82 bits per heavy atom. The van der Waals surface area contributed by atoms with Crippen LogP contribution in [0.2, 0.25) is 0 Å². The fraction of sp³-hybridized carbons (Fsp3) is 0.536. The number of benzene rings is 2. The second kappa shape index (κ2) is 9.46. The first-order valence-electron chi connectivity index (χ1n) is 12.2. The lowest BCUT2D eigenvalue weighted by molar-refractivity contribution is 0.000630. The van der Waals surface area contributed by atoms with Crippen molar-refractivity contribution >= 4 is 6.09 Å². The summed E-state index contributed by atoms with van der Waals surface area (Å²) in [7, 11) is 0. The third kappa shape index (κ3) is 5.75. The summed E-state index contributed by atoms with van der Waals surface area (Å²) in [5.74, 6) is 0.181. The van der Waals surface area contributed by atoms with E-state index in [1.54, 1.807) is 6.07 Å². The van der Waals surface area contributed by atoms with E-state index < -0.39 is 5.60 Å². The minimum absolute atomic E-state index is 0.000247. The molecule has 2 aliphatic rings. The van der Waals surface area contributed by atoms with Gasteiger partial charge in [0.05, 0.1) is 0 Å². The topological polar surface area (TPSA) is 41.6 Å². The molecule has 0 aliphatic heterocycles. The van der Waals surface area contributed by atoms with E-state index in [0.717, 1.165) is 32.2 Å². The molecule has 0 saturated heterocycles. The SMILES string of the molecule is CC(NCC1(CN(C(=O)OC(C)(C)C)[C@H]2C[C@@H]2c2ccccc2)CCC1)c1ccccc1F. The Balaban J connectivity index is 1.47. The van der Waals surface area contributed by atoms with Gasteiger partial charge in [0.2, 0.25) is 0 Å². The number of halogens is 1. The fourth-order valence-corrected chi connectivity index (χ4v) is 4.96. The van der Waals surface area contributed by atoms with Gasteiger partial charge in [-0.25, -0.2) is 9.18 Å². The molecule has 2 saturated carbocycles. The summed E-state index contributed by atoms with van der Waals surface area (Å²) < 4.78 is 20.1. The van der Waals surface area contributed by atoms with Gasteiger partial charge in [0.1, 0.15) is 11.4 Å². The summed E-state index contributed by atoms with van der Waals surface area (Å²) >= 11 is 0. The quantitative estimate of drug-likeness (QED) is 0.501. The molecule has 0 bridgehead atoms. The maximum absolute atomic E-state index is 14.2. The monoisotopic (exact) mass is 452 g/mol. The number of nitrogens with zero attached hydrogens (tertiary/aromatic N) is 1. The average Bonchev–Trinajstić information content (AvgIpc) is 3.53. The molecular weight excluding hydrogens is 415 g/mol. The van der Waals surface area contributed by atoms with Crippen molar-refractivity contribution in [2.24, 2.45) is 5.41 Å². The number of ether oxygens (including phenoxy) is 1. The zero-order valence-corrected chi connectivity index (χ0v) is 20.3. The molecule has 0 aromatic heterocycles. The van der Waals surface area contributed by atoms with Gasteiger partial charge in [-0.15, -0.1) is 0 Å². The average molecular weight is 453 g/mol. The zero-order chi connectivity index (χ0) is 23.6. The van der Waals surface area contributed by atoms with Crippen molar-refractivity contribution in [3.05, 3.63) is 71.5 Å². The lowest BCUT2D eigenvalue weighted by Gasteiger charge is -2.46. The number of rotatable bonds is 8. The maximum atomic E-state index is 14.2. The molecule has 178 valence electrons. The van der Waals surface area contributed by atoms with Gasteiger partial charge in [0, 0.05) is 42.1 Å². The maximum Gasteiger partial charge on any atom is 0.410 e. The van der Waals surface area contributed by atoms with E-state index in [4.69, 9.17) is 4.74 Å². The molecule has 1 unspecified atom stereocenters. The highest BCUT2D eigenvalue weighted by Gasteiger charge is 2.50. The molecule has 1 amide bonds. The van der Waals surface area contributed by atoms with Crippen LogP contribution in [0.15, 0.2) is 54.6 Å². The van der Waals surface area contributed by atoms with E-state index in [-0.39, 0.29) is 29.4 Å². The van der Waals surface area contributed by atoms with Crippen molar-refractivity contribution in [2.75, 3.05) is 13.1 Å². The van der Waals surface area contributed by atoms with Crippen LogP contribution in [0.5, 0.6) is 0 Å². The minimum Gasteiger partial charge on any atom is -0.444 e. The van der Waals surface area contributed by atoms with Gasteiger partial charge in [-0.1, -0.05) is 55.0 Å². The number of hydrogen-bond acceptors (Lipinski definition) is 3. The van der Waals surface area contributed by atoms with Gasteiger partial charge in [0.15, 0.2) is 0 Å². The van der Waals surface area contributed by atoms with Crippen LogP contribution in [0.25, 0.3) is 0 Å². The van der Waals surface area contributed by atoms with Crippen molar-refractivity contribution < 1.29 is 13.9 Å². The van der Waals surface area contributed by atoms with Gasteiger partial charge in [0.25, 0.3) is 0 Å².